The molecule has 12 heteroatoms. The Labute approximate surface area is 138 Å². The van der Waals surface area contributed by atoms with Crippen LogP contribution in [0.25, 0.3) is 10.1 Å². The number of hydrogen-bond donors (Lipinski definition) is 4. The van der Waals surface area contributed by atoms with Gasteiger partial charge in [-0.15, -0.1) is 11.3 Å². The van der Waals surface area contributed by atoms with Gasteiger partial charge in [-0.1, -0.05) is 6.07 Å². The lowest BCUT2D eigenvalue weighted by molar-refractivity contribution is -0.136. The molecule has 0 saturated carbocycles. The van der Waals surface area contributed by atoms with Crippen LogP contribution in [0.1, 0.15) is 15.2 Å². The fourth-order valence-corrected chi connectivity index (χ4v) is 2.59. The van der Waals surface area contributed by atoms with E-state index < -0.39 is 33.7 Å². The first-order chi connectivity index (χ1) is 10.8. The third-order valence-corrected chi connectivity index (χ3v) is 3.44. The molecule has 24 heavy (non-hydrogen) atoms. The van der Waals surface area contributed by atoms with Crippen LogP contribution in [0.3, 0.4) is 0 Å². The van der Waals surface area contributed by atoms with Crippen molar-refractivity contribution in [3.63, 3.8) is 0 Å². The summed E-state index contributed by atoms with van der Waals surface area (Å²) in [6, 6.07) is 4.90. The number of hydrogen-bond acceptors (Lipinski definition) is 5. The molecule has 0 unspecified atom stereocenters. The van der Waals surface area contributed by atoms with Crippen LogP contribution in [0.5, 0.6) is 0 Å². The van der Waals surface area contributed by atoms with Gasteiger partial charge >= 0.3 is 6.18 Å². The molecule has 0 aliphatic heterocycles. The predicted molar refractivity (Wildman–Crippen MR) is 83.7 cm³/mol. The van der Waals surface area contributed by atoms with E-state index in [1.54, 1.807) is 0 Å². The number of guanidine groups is 1. The Kier molecular flexibility index (Phi) is 5.92. The van der Waals surface area contributed by atoms with E-state index in [0.717, 1.165) is 23.5 Å². The first kappa shape index (κ1) is 19.9. The van der Waals surface area contributed by atoms with Crippen molar-refractivity contribution in [2.24, 2.45) is 5.73 Å². The van der Waals surface area contributed by atoms with Crippen LogP contribution in [0.2, 0.25) is 0 Å². The molecular formula is C12H12F3N3O4S2. The van der Waals surface area contributed by atoms with Gasteiger partial charge in [-0.25, -0.2) is 0 Å². The first-order valence-corrected chi connectivity index (χ1v) is 8.63. The molecule has 0 aliphatic carbocycles. The largest absolute Gasteiger partial charge is 0.417 e. The number of carbonyl (C=O) groups is 1. The molecule has 0 radical (unpaired) electrons. The Morgan fingerprint density at radius 2 is 1.92 bits per heavy atom. The summed E-state index contributed by atoms with van der Waals surface area (Å²) in [4.78, 5) is 11.7. The second-order valence-corrected chi connectivity index (χ2v) is 6.98. The molecule has 1 heterocycles. The minimum atomic E-state index is -4.48. The minimum Gasteiger partial charge on any atom is -0.370 e. The van der Waals surface area contributed by atoms with E-state index >= 15 is 0 Å². The highest BCUT2D eigenvalue weighted by atomic mass is 32.2. The van der Waals surface area contributed by atoms with Crippen molar-refractivity contribution in [1.82, 2.24) is 5.32 Å². The monoisotopic (exact) mass is 383 g/mol. The number of rotatable bonds is 1. The normalized spacial score (nSPS) is 11.5. The number of amides is 1. The van der Waals surface area contributed by atoms with Gasteiger partial charge in [0.05, 0.1) is 16.7 Å². The lowest BCUT2D eigenvalue weighted by atomic mass is 10.1. The van der Waals surface area contributed by atoms with E-state index in [2.05, 4.69) is 0 Å². The fraction of sp³-hybridized carbons (Fsp3) is 0.167. The van der Waals surface area contributed by atoms with Gasteiger partial charge in [-0.2, -0.15) is 21.6 Å². The Morgan fingerprint density at radius 1 is 1.38 bits per heavy atom. The van der Waals surface area contributed by atoms with Crippen molar-refractivity contribution in [1.29, 1.82) is 5.41 Å². The fourth-order valence-electron chi connectivity index (χ4n) is 1.60. The molecule has 0 bridgehead atoms. The van der Waals surface area contributed by atoms with Crippen molar-refractivity contribution >= 4 is 43.4 Å². The van der Waals surface area contributed by atoms with Crippen LogP contribution in [0.15, 0.2) is 24.3 Å². The lowest BCUT2D eigenvalue weighted by Crippen LogP contribution is -2.35. The maximum atomic E-state index is 12.8. The molecule has 7 nitrogen and oxygen atoms in total. The van der Waals surface area contributed by atoms with E-state index in [4.69, 9.17) is 15.7 Å². The van der Waals surface area contributed by atoms with Crippen molar-refractivity contribution in [2.45, 2.75) is 6.18 Å². The molecule has 1 aromatic carbocycles. The van der Waals surface area contributed by atoms with Gasteiger partial charge in [0.1, 0.15) is 0 Å². The molecule has 2 aromatic rings. The van der Waals surface area contributed by atoms with Gasteiger partial charge in [0.2, 0.25) is 0 Å². The molecule has 2 rings (SSSR count). The number of nitrogens with two attached hydrogens (primary N) is 1. The smallest absolute Gasteiger partial charge is 0.370 e. The Morgan fingerprint density at radius 3 is 2.38 bits per heavy atom. The summed E-state index contributed by atoms with van der Waals surface area (Å²) in [5, 5.41) is 8.92. The summed E-state index contributed by atoms with van der Waals surface area (Å²) in [5.41, 5.74) is 4.21. The van der Waals surface area contributed by atoms with Gasteiger partial charge in [0.15, 0.2) is 5.96 Å². The van der Waals surface area contributed by atoms with Gasteiger partial charge < -0.3 is 5.73 Å². The second-order valence-electron chi connectivity index (χ2n) is 4.43. The topological polar surface area (TPSA) is 133 Å². The zero-order valence-electron chi connectivity index (χ0n) is 12.0. The summed E-state index contributed by atoms with van der Waals surface area (Å²) in [5.74, 6) is -1.25. The summed E-state index contributed by atoms with van der Waals surface area (Å²) in [6.45, 7) is 0. The van der Waals surface area contributed by atoms with E-state index in [1.165, 1.54) is 12.1 Å². The zero-order valence-corrected chi connectivity index (χ0v) is 13.6. The van der Waals surface area contributed by atoms with Crippen LogP contribution < -0.4 is 11.1 Å². The molecular weight excluding hydrogens is 371 g/mol. The van der Waals surface area contributed by atoms with Crippen LogP contribution in [-0.2, 0) is 16.3 Å². The SMILES string of the molecule is CS(=O)(=O)O.N=C(N)NC(=O)c1cc2c(C(F)(F)F)cccc2s1. The standard InChI is InChI=1S/C11H8F3N3OS.CH4O3S/c12-11(13,14)6-2-1-3-7-5(6)4-8(19-7)9(18)17-10(15)16;1-5(2,3)4/h1-4H,(H4,15,16,17,18);1H3,(H,2,3,4). The highest BCUT2D eigenvalue weighted by Crippen LogP contribution is 2.37. The lowest BCUT2D eigenvalue weighted by Gasteiger charge is -2.06. The van der Waals surface area contributed by atoms with Crippen LogP contribution in [-0.4, -0.2) is 31.1 Å². The third-order valence-electron chi connectivity index (χ3n) is 2.34. The summed E-state index contributed by atoms with van der Waals surface area (Å²) in [6.07, 6.45) is -3.76. The number of benzene rings is 1. The Balaban J connectivity index is 0.000000505. The number of carbonyl (C=O) groups excluding carboxylic acids is 1. The summed E-state index contributed by atoms with van der Waals surface area (Å²) < 4.78 is 64.6. The van der Waals surface area contributed by atoms with Crippen LogP contribution in [0.4, 0.5) is 13.2 Å². The molecule has 1 aromatic heterocycles. The maximum Gasteiger partial charge on any atom is 0.417 e. The van der Waals surface area contributed by atoms with Crippen molar-refractivity contribution in [3.8, 4) is 0 Å². The van der Waals surface area contributed by atoms with E-state index in [0.29, 0.717) is 11.0 Å². The Hall–Kier alpha value is -2.18. The van der Waals surface area contributed by atoms with Gasteiger partial charge in [-0.3, -0.25) is 20.1 Å². The molecule has 1 amide bonds. The number of fused-ring (bicyclic) bond motifs is 1. The van der Waals surface area contributed by atoms with Gasteiger partial charge in [0, 0.05) is 10.1 Å². The molecule has 132 valence electrons. The average Bonchev–Trinajstić information content (AvgIpc) is 2.77. The Bertz CT molecular complexity index is 867. The number of halogens is 3. The third kappa shape index (κ3) is 6.14. The zero-order chi connectivity index (χ0) is 18.7. The van der Waals surface area contributed by atoms with Gasteiger partial charge in [-0.05, 0) is 18.2 Å². The van der Waals surface area contributed by atoms with Crippen molar-refractivity contribution in [3.05, 3.63) is 34.7 Å². The molecule has 0 spiro atoms. The predicted octanol–water partition coefficient (Wildman–Crippen LogP) is 2.05. The van der Waals surface area contributed by atoms with Gasteiger partial charge in [0.25, 0.3) is 16.0 Å². The number of nitrogens with one attached hydrogen (secondary N) is 2. The van der Waals surface area contributed by atoms with Crippen LogP contribution >= 0.6 is 11.3 Å². The summed E-state index contributed by atoms with van der Waals surface area (Å²) >= 11 is 0.913. The van der Waals surface area contributed by atoms with E-state index in [1.807, 2.05) is 5.32 Å². The molecule has 0 atom stereocenters. The number of thiophene rings is 1. The molecule has 0 saturated heterocycles. The highest BCUT2D eigenvalue weighted by Gasteiger charge is 2.33. The first-order valence-electron chi connectivity index (χ1n) is 5.96. The maximum absolute atomic E-state index is 12.8. The van der Waals surface area contributed by atoms with Crippen LogP contribution in [0, 0.1) is 5.41 Å². The molecule has 5 N–H and O–H groups in total. The quantitative estimate of drug-likeness (QED) is 0.340. The average molecular weight is 383 g/mol. The molecule has 0 fully saturated rings. The van der Waals surface area contributed by atoms with Crippen molar-refractivity contribution < 1.29 is 30.9 Å². The van der Waals surface area contributed by atoms with E-state index in [9.17, 15) is 26.4 Å². The minimum absolute atomic E-state index is 0.0336. The highest BCUT2D eigenvalue weighted by molar-refractivity contribution is 7.85. The second kappa shape index (κ2) is 7.15. The summed E-state index contributed by atoms with van der Waals surface area (Å²) in [7, 11) is -3.67. The number of alkyl halides is 3. The van der Waals surface area contributed by atoms with E-state index in [-0.39, 0.29) is 10.3 Å². The van der Waals surface area contributed by atoms with Crippen molar-refractivity contribution in [2.75, 3.05) is 6.26 Å². The molecule has 0 aliphatic rings.